The van der Waals surface area contributed by atoms with Crippen molar-refractivity contribution in [3.63, 3.8) is 0 Å². The van der Waals surface area contributed by atoms with Crippen LogP contribution in [0.4, 0.5) is 0 Å². The Morgan fingerprint density at radius 2 is 1.95 bits per heavy atom. The smallest absolute Gasteiger partial charge is 0.252 e. The van der Waals surface area contributed by atoms with Crippen LogP contribution < -0.4 is 0 Å². The molecule has 0 saturated heterocycles. The second kappa shape index (κ2) is 7.38. The molecule has 0 spiro atoms. The number of halogens is 1. The van der Waals surface area contributed by atoms with Gasteiger partial charge in [0.2, 0.25) is 0 Å². The van der Waals surface area contributed by atoms with Gasteiger partial charge in [-0.25, -0.2) is 0 Å². The number of hydrogen-bond acceptors (Lipinski definition) is 3. The molecule has 0 fully saturated rings. The number of pyridine rings is 1. The predicted octanol–water partition coefficient (Wildman–Crippen LogP) is 2.86. The molecule has 1 aromatic carbocycles. The third kappa shape index (κ3) is 3.84. The first kappa shape index (κ1) is 16.5. The zero-order chi connectivity index (χ0) is 16.1. The maximum absolute atomic E-state index is 12.4. The fourth-order valence-corrected chi connectivity index (χ4v) is 2.42. The summed E-state index contributed by atoms with van der Waals surface area (Å²) in [6, 6.07) is 12.5. The molecule has 1 amide bonds. The van der Waals surface area contributed by atoms with Gasteiger partial charge in [0.15, 0.2) is 0 Å². The molecular weight excluding hydrogens is 300 g/mol. The van der Waals surface area contributed by atoms with Crippen molar-refractivity contribution in [2.24, 2.45) is 0 Å². The molecule has 0 aliphatic rings. The van der Waals surface area contributed by atoms with E-state index < -0.39 is 6.10 Å². The van der Waals surface area contributed by atoms with Crippen LogP contribution in [0.1, 0.15) is 24.2 Å². The Labute approximate surface area is 135 Å². The van der Waals surface area contributed by atoms with E-state index in [4.69, 9.17) is 11.6 Å². The van der Waals surface area contributed by atoms with Crippen LogP contribution in [0.5, 0.6) is 0 Å². The maximum atomic E-state index is 12.4. The van der Waals surface area contributed by atoms with Crippen LogP contribution in [-0.2, 0) is 11.2 Å². The summed E-state index contributed by atoms with van der Waals surface area (Å²) >= 11 is 6.07. The number of aliphatic hydroxyl groups is 1. The minimum Gasteiger partial charge on any atom is -0.383 e. The van der Waals surface area contributed by atoms with E-state index in [2.05, 4.69) is 4.98 Å². The summed E-state index contributed by atoms with van der Waals surface area (Å²) in [4.78, 5) is 18.1. The van der Waals surface area contributed by atoms with E-state index in [0.717, 1.165) is 11.3 Å². The molecule has 2 rings (SSSR count). The predicted molar refractivity (Wildman–Crippen MR) is 86.6 cm³/mol. The Morgan fingerprint density at radius 3 is 2.59 bits per heavy atom. The number of hydrogen-bond donors (Lipinski definition) is 1. The molecule has 0 radical (unpaired) electrons. The van der Waals surface area contributed by atoms with E-state index in [-0.39, 0.29) is 18.4 Å². The van der Waals surface area contributed by atoms with Gasteiger partial charge in [-0.1, -0.05) is 35.9 Å². The third-order valence-corrected chi connectivity index (χ3v) is 4.07. The van der Waals surface area contributed by atoms with E-state index in [9.17, 15) is 9.90 Å². The Bertz CT molecular complexity index is 634. The lowest BCUT2D eigenvalue weighted by Crippen LogP contribution is -2.39. The van der Waals surface area contributed by atoms with Crippen LogP contribution in [0.3, 0.4) is 0 Å². The highest BCUT2D eigenvalue weighted by molar-refractivity contribution is 6.31. The van der Waals surface area contributed by atoms with Crippen LogP contribution in [0.2, 0.25) is 5.02 Å². The lowest BCUT2D eigenvalue weighted by molar-refractivity contribution is -0.140. The molecule has 116 valence electrons. The van der Waals surface area contributed by atoms with E-state index in [1.54, 1.807) is 25.4 Å². The normalized spacial score (nSPS) is 13.5. The Morgan fingerprint density at radius 1 is 1.27 bits per heavy atom. The van der Waals surface area contributed by atoms with E-state index in [1.165, 1.54) is 4.90 Å². The van der Waals surface area contributed by atoms with Gasteiger partial charge in [0.25, 0.3) is 5.91 Å². The quantitative estimate of drug-likeness (QED) is 0.922. The van der Waals surface area contributed by atoms with Gasteiger partial charge in [0.1, 0.15) is 6.10 Å². The second-order valence-electron chi connectivity index (χ2n) is 5.19. The van der Waals surface area contributed by atoms with Crippen molar-refractivity contribution in [1.82, 2.24) is 9.88 Å². The van der Waals surface area contributed by atoms with E-state index >= 15 is 0 Å². The van der Waals surface area contributed by atoms with Crippen LogP contribution in [0, 0.1) is 0 Å². The Hall–Kier alpha value is -1.91. The molecule has 5 heteroatoms. The highest BCUT2D eigenvalue weighted by atomic mass is 35.5. The molecular formula is C17H19ClN2O2. The summed E-state index contributed by atoms with van der Waals surface area (Å²) < 4.78 is 0. The monoisotopic (exact) mass is 318 g/mol. The number of aromatic nitrogens is 1. The maximum Gasteiger partial charge on any atom is 0.252 e. The topological polar surface area (TPSA) is 53.4 Å². The SMILES string of the molecule is C[C@H](c1ccccn1)N(C)C(=O)[C@@H](O)Cc1ccccc1Cl. The summed E-state index contributed by atoms with van der Waals surface area (Å²) in [7, 11) is 1.66. The number of benzene rings is 1. The molecule has 2 aromatic rings. The van der Waals surface area contributed by atoms with Gasteiger partial charge in [-0.15, -0.1) is 0 Å². The van der Waals surface area contributed by atoms with Gasteiger partial charge in [-0.3, -0.25) is 9.78 Å². The van der Waals surface area contributed by atoms with Crippen molar-refractivity contribution >= 4 is 17.5 Å². The second-order valence-corrected chi connectivity index (χ2v) is 5.60. The number of carbonyl (C=O) groups excluding carboxylic acids is 1. The van der Waals surface area contributed by atoms with Gasteiger partial charge < -0.3 is 10.0 Å². The zero-order valence-corrected chi connectivity index (χ0v) is 13.4. The largest absolute Gasteiger partial charge is 0.383 e. The Balaban J connectivity index is 2.05. The number of rotatable bonds is 5. The highest BCUT2D eigenvalue weighted by Gasteiger charge is 2.25. The number of likely N-dealkylation sites (N-methyl/N-ethyl adjacent to an activating group) is 1. The summed E-state index contributed by atoms with van der Waals surface area (Å²) in [5, 5.41) is 10.7. The lowest BCUT2D eigenvalue weighted by atomic mass is 10.1. The van der Waals surface area contributed by atoms with Crippen LogP contribution >= 0.6 is 11.6 Å². The molecule has 22 heavy (non-hydrogen) atoms. The van der Waals surface area contributed by atoms with Gasteiger partial charge in [0, 0.05) is 24.7 Å². The molecule has 1 heterocycles. The summed E-state index contributed by atoms with van der Waals surface area (Å²) in [5.74, 6) is -0.349. The number of nitrogens with zero attached hydrogens (tertiary/aromatic N) is 2. The average molecular weight is 319 g/mol. The van der Waals surface area contributed by atoms with Gasteiger partial charge in [-0.2, -0.15) is 0 Å². The first-order valence-corrected chi connectivity index (χ1v) is 7.47. The molecule has 2 atom stereocenters. The first-order valence-electron chi connectivity index (χ1n) is 7.09. The first-order chi connectivity index (χ1) is 10.5. The van der Waals surface area contributed by atoms with E-state index in [0.29, 0.717) is 5.02 Å². The fraction of sp³-hybridized carbons (Fsp3) is 0.294. The summed E-state index contributed by atoms with van der Waals surface area (Å²) in [5.41, 5.74) is 1.53. The zero-order valence-electron chi connectivity index (χ0n) is 12.6. The number of carbonyl (C=O) groups is 1. The summed E-state index contributed by atoms with van der Waals surface area (Å²) in [6.07, 6.45) is 0.748. The van der Waals surface area contributed by atoms with Crippen LogP contribution in [-0.4, -0.2) is 34.0 Å². The third-order valence-electron chi connectivity index (χ3n) is 3.70. The molecule has 0 unspecified atom stereocenters. The van der Waals surface area contributed by atoms with Crippen molar-refractivity contribution in [2.45, 2.75) is 25.5 Å². The van der Waals surface area contributed by atoms with Crippen molar-refractivity contribution < 1.29 is 9.90 Å². The molecule has 0 saturated carbocycles. The molecule has 0 aliphatic carbocycles. The van der Waals surface area contributed by atoms with Crippen LogP contribution in [0.25, 0.3) is 0 Å². The summed E-state index contributed by atoms with van der Waals surface area (Å²) in [6.45, 7) is 1.88. The average Bonchev–Trinajstić information content (AvgIpc) is 2.55. The molecule has 4 nitrogen and oxygen atoms in total. The highest BCUT2D eigenvalue weighted by Crippen LogP contribution is 2.20. The van der Waals surface area contributed by atoms with E-state index in [1.807, 2.05) is 37.3 Å². The molecule has 1 aromatic heterocycles. The lowest BCUT2D eigenvalue weighted by Gasteiger charge is -2.27. The van der Waals surface area contributed by atoms with Crippen molar-refractivity contribution in [3.8, 4) is 0 Å². The minimum absolute atomic E-state index is 0.192. The fourth-order valence-electron chi connectivity index (χ4n) is 2.21. The molecule has 1 N–H and O–H groups in total. The number of aliphatic hydroxyl groups excluding tert-OH is 1. The van der Waals surface area contributed by atoms with Crippen molar-refractivity contribution in [2.75, 3.05) is 7.05 Å². The standard InChI is InChI=1S/C17H19ClN2O2/c1-12(15-9-5-6-10-19-15)20(2)17(22)16(21)11-13-7-3-4-8-14(13)18/h3-10,12,16,21H,11H2,1-2H3/t12-,16+/m1/s1. The van der Waals surface area contributed by atoms with Gasteiger partial charge in [0.05, 0.1) is 11.7 Å². The van der Waals surface area contributed by atoms with Crippen molar-refractivity contribution in [3.05, 3.63) is 64.9 Å². The number of amides is 1. The van der Waals surface area contributed by atoms with Gasteiger partial charge in [-0.05, 0) is 30.7 Å². The molecule has 0 bridgehead atoms. The van der Waals surface area contributed by atoms with Gasteiger partial charge >= 0.3 is 0 Å². The minimum atomic E-state index is -1.13. The Kier molecular flexibility index (Phi) is 5.52. The van der Waals surface area contributed by atoms with Crippen LogP contribution in [0.15, 0.2) is 48.7 Å². The molecule has 0 aliphatic heterocycles. The van der Waals surface area contributed by atoms with Crippen molar-refractivity contribution in [1.29, 1.82) is 0 Å².